The molecular formula is C36H51Cl2N5O6S. The molecule has 1 aliphatic heterocycles. The molecule has 0 bridgehead atoms. The summed E-state index contributed by atoms with van der Waals surface area (Å²) in [6.45, 7) is 9.11. The fourth-order valence-corrected chi connectivity index (χ4v) is 7.25. The lowest BCUT2D eigenvalue weighted by molar-refractivity contribution is 0.0510. The largest absolute Gasteiger partial charge is 0.378 e. The van der Waals surface area contributed by atoms with Crippen LogP contribution in [0.2, 0.25) is 10.0 Å². The van der Waals surface area contributed by atoms with E-state index in [1.54, 1.807) is 24.3 Å². The number of nitrogens with two attached hydrogens (primary N) is 1. The highest BCUT2D eigenvalue weighted by Gasteiger charge is 2.28. The number of fused-ring (bicyclic) bond motifs is 1. The first-order chi connectivity index (χ1) is 24.3. The monoisotopic (exact) mass is 751 g/mol. The first-order valence-electron chi connectivity index (χ1n) is 17.0. The van der Waals surface area contributed by atoms with E-state index in [0.29, 0.717) is 75.9 Å². The minimum atomic E-state index is -3.72. The highest BCUT2D eigenvalue weighted by Crippen LogP contribution is 2.38. The Morgan fingerprint density at radius 2 is 1.36 bits per heavy atom. The van der Waals surface area contributed by atoms with Gasteiger partial charge in [-0.05, 0) is 59.1 Å². The van der Waals surface area contributed by atoms with Crippen molar-refractivity contribution in [2.45, 2.75) is 30.4 Å². The zero-order chi connectivity index (χ0) is 35.6. The lowest BCUT2D eigenvalue weighted by Crippen LogP contribution is -2.31. The molecule has 0 saturated heterocycles. The molecule has 276 valence electrons. The average molecular weight is 753 g/mol. The number of rotatable bonds is 24. The number of nitrogens with one attached hydrogen (secondary N) is 3. The standard InChI is InChI=1S/C36H51Cl2N5O6S/c1-43-26-34(33-22-31(37)23-36(38)35(33)27-43)30-3-2-4-32(21-30)50(44,45)42-12-16-49-20-19-48-15-11-41-25-29-7-5-28(6-8-29)24-40-10-14-47-18-17-46-13-9-39/h2-8,21-23,34,40-42H,9-20,24-27,39H2,1H3. The molecule has 3 aromatic rings. The van der Waals surface area contributed by atoms with Gasteiger partial charge in [-0.25, -0.2) is 13.1 Å². The third kappa shape index (κ3) is 13.8. The number of hydrogen-bond acceptors (Lipinski definition) is 10. The van der Waals surface area contributed by atoms with E-state index in [2.05, 4.69) is 44.5 Å². The van der Waals surface area contributed by atoms with Gasteiger partial charge in [-0.1, -0.05) is 59.6 Å². The number of likely N-dealkylation sites (N-methyl/N-ethyl adjacent to an activating group) is 1. The Kier molecular flexibility index (Phi) is 17.9. The summed E-state index contributed by atoms with van der Waals surface area (Å²) in [5.74, 6) is -0.0523. The van der Waals surface area contributed by atoms with Gasteiger partial charge >= 0.3 is 0 Å². The van der Waals surface area contributed by atoms with Crippen LogP contribution in [-0.4, -0.2) is 106 Å². The van der Waals surface area contributed by atoms with Crippen LogP contribution in [0.3, 0.4) is 0 Å². The van der Waals surface area contributed by atoms with E-state index in [4.69, 9.17) is 47.9 Å². The second-order valence-corrected chi connectivity index (χ2v) is 14.7. The second kappa shape index (κ2) is 22.0. The zero-order valence-electron chi connectivity index (χ0n) is 28.8. The van der Waals surface area contributed by atoms with Gasteiger partial charge in [-0.2, -0.15) is 0 Å². The summed E-state index contributed by atoms with van der Waals surface area (Å²) >= 11 is 12.8. The molecule has 1 atom stereocenters. The van der Waals surface area contributed by atoms with E-state index >= 15 is 0 Å². The third-order valence-corrected chi connectivity index (χ3v) is 10.1. The minimum Gasteiger partial charge on any atom is -0.378 e. The SMILES string of the molecule is CN1Cc2c(Cl)cc(Cl)cc2C(c2cccc(S(=O)(=O)NCCOCCOCCNCc3ccc(CNCCOCCOCCN)cc3)c2)C1. The highest BCUT2D eigenvalue weighted by atomic mass is 35.5. The predicted molar refractivity (Wildman–Crippen MR) is 198 cm³/mol. The van der Waals surface area contributed by atoms with Crippen molar-refractivity contribution in [3.63, 3.8) is 0 Å². The van der Waals surface area contributed by atoms with Crippen molar-refractivity contribution in [3.8, 4) is 0 Å². The van der Waals surface area contributed by atoms with Crippen LogP contribution in [0.1, 0.15) is 33.7 Å². The third-order valence-electron chi connectivity index (χ3n) is 8.14. The van der Waals surface area contributed by atoms with Gasteiger partial charge < -0.3 is 40.2 Å². The number of sulfonamides is 1. The lowest BCUT2D eigenvalue weighted by atomic mass is 9.85. The Morgan fingerprint density at radius 3 is 1.96 bits per heavy atom. The van der Waals surface area contributed by atoms with Crippen molar-refractivity contribution in [2.24, 2.45) is 5.73 Å². The van der Waals surface area contributed by atoms with E-state index in [1.165, 1.54) is 11.1 Å². The molecule has 0 aromatic heterocycles. The highest BCUT2D eigenvalue weighted by molar-refractivity contribution is 7.89. The number of halogens is 2. The average Bonchev–Trinajstić information content (AvgIpc) is 3.10. The van der Waals surface area contributed by atoms with Crippen molar-refractivity contribution in [2.75, 3.05) is 92.6 Å². The maximum atomic E-state index is 13.1. The Hall–Kier alpha value is -2.17. The molecule has 5 N–H and O–H groups in total. The Labute approximate surface area is 307 Å². The molecule has 1 unspecified atom stereocenters. The van der Waals surface area contributed by atoms with E-state index < -0.39 is 10.0 Å². The first kappa shape index (κ1) is 40.6. The van der Waals surface area contributed by atoms with Gasteiger partial charge in [0.05, 0.1) is 57.8 Å². The summed E-state index contributed by atoms with van der Waals surface area (Å²) in [7, 11) is -1.70. The summed E-state index contributed by atoms with van der Waals surface area (Å²) in [6, 6.07) is 19.2. The van der Waals surface area contributed by atoms with E-state index in [9.17, 15) is 8.42 Å². The van der Waals surface area contributed by atoms with Gasteiger partial charge in [-0.15, -0.1) is 0 Å². The quantitative estimate of drug-likeness (QED) is 0.100. The maximum absolute atomic E-state index is 13.1. The van der Waals surface area contributed by atoms with Gasteiger partial charge in [0.15, 0.2) is 0 Å². The fraction of sp³-hybridized carbons (Fsp3) is 0.500. The number of hydrogen-bond donors (Lipinski definition) is 4. The Bertz CT molecular complexity index is 1550. The predicted octanol–water partition coefficient (Wildman–Crippen LogP) is 3.75. The van der Waals surface area contributed by atoms with Crippen molar-refractivity contribution in [3.05, 3.63) is 98.5 Å². The molecule has 0 radical (unpaired) electrons. The molecular weight excluding hydrogens is 701 g/mol. The van der Waals surface area contributed by atoms with Crippen LogP contribution in [0.15, 0.2) is 65.6 Å². The van der Waals surface area contributed by atoms with Crippen LogP contribution in [0, 0.1) is 0 Å². The summed E-state index contributed by atoms with van der Waals surface area (Å²) in [4.78, 5) is 2.38. The number of ether oxygens (including phenoxy) is 4. The minimum absolute atomic E-state index is 0.0523. The molecule has 14 heteroatoms. The van der Waals surface area contributed by atoms with Crippen LogP contribution >= 0.6 is 23.2 Å². The van der Waals surface area contributed by atoms with Crippen molar-refractivity contribution in [1.29, 1.82) is 0 Å². The van der Waals surface area contributed by atoms with Gasteiger partial charge in [0.2, 0.25) is 10.0 Å². The van der Waals surface area contributed by atoms with E-state index in [1.807, 2.05) is 19.2 Å². The molecule has 0 fully saturated rings. The van der Waals surface area contributed by atoms with Crippen molar-refractivity contribution in [1.82, 2.24) is 20.3 Å². The van der Waals surface area contributed by atoms with Crippen molar-refractivity contribution >= 4 is 33.2 Å². The van der Waals surface area contributed by atoms with E-state index in [0.717, 1.165) is 42.9 Å². The van der Waals surface area contributed by atoms with Crippen LogP contribution < -0.4 is 21.1 Å². The molecule has 4 rings (SSSR count). The van der Waals surface area contributed by atoms with E-state index in [-0.39, 0.29) is 24.0 Å². The fourth-order valence-electron chi connectivity index (χ4n) is 5.62. The first-order valence-corrected chi connectivity index (χ1v) is 19.3. The maximum Gasteiger partial charge on any atom is 0.240 e. The van der Waals surface area contributed by atoms with Gasteiger partial charge in [0, 0.05) is 68.3 Å². The smallest absolute Gasteiger partial charge is 0.240 e. The van der Waals surface area contributed by atoms with Crippen LogP contribution in [0.25, 0.3) is 0 Å². The molecule has 0 spiro atoms. The molecule has 50 heavy (non-hydrogen) atoms. The molecule has 1 aliphatic rings. The van der Waals surface area contributed by atoms with Crippen LogP contribution in [0.5, 0.6) is 0 Å². The van der Waals surface area contributed by atoms with Gasteiger partial charge in [0.1, 0.15) is 0 Å². The van der Waals surface area contributed by atoms with Crippen molar-refractivity contribution < 1.29 is 27.4 Å². The van der Waals surface area contributed by atoms with Gasteiger partial charge in [0.25, 0.3) is 0 Å². The molecule has 11 nitrogen and oxygen atoms in total. The van der Waals surface area contributed by atoms with Gasteiger partial charge in [-0.3, -0.25) is 0 Å². The van der Waals surface area contributed by atoms with Crippen LogP contribution in [0.4, 0.5) is 0 Å². The molecule has 0 amide bonds. The topological polar surface area (TPSA) is 136 Å². The number of benzene rings is 3. The Balaban J connectivity index is 1.04. The lowest BCUT2D eigenvalue weighted by Gasteiger charge is -2.33. The Morgan fingerprint density at radius 1 is 0.780 bits per heavy atom. The normalized spacial score (nSPS) is 15.0. The summed E-state index contributed by atoms with van der Waals surface area (Å²) < 4.78 is 50.8. The molecule has 0 aliphatic carbocycles. The molecule has 3 aromatic carbocycles. The van der Waals surface area contributed by atoms with Crippen LogP contribution in [-0.2, 0) is 48.6 Å². The second-order valence-electron chi connectivity index (χ2n) is 12.1. The zero-order valence-corrected chi connectivity index (χ0v) is 31.1. The number of nitrogens with zero attached hydrogens (tertiary/aromatic N) is 1. The molecule has 1 heterocycles. The summed E-state index contributed by atoms with van der Waals surface area (Å²) in [5, 5.41) is 7.95. The summed E-state index contributed by atoms with van der Waals surface area (Å²) in [5.41, 5.74) is 10.7. The summed E-state index contributed by atoms with van der Waals surface area (Å²) in [6.07, 6.45) is 0. The molecule has 0 saturated carbocycles.